The fourth-order valence-corrected chi connectivity index (χ4v) is 4.52. The molecule has 1 fully saturated rings. The summed E-state index contributed by atoms with van der Waals surface area (Å²) < 4.78 is 0. The van der Waals surface area contributed by atoms with Crippen molar-refractivity contribution < 1.29 is 14.5 Å². The van der Waals surface area contributed by atoms with Crippen molar-refractivity contribution >= 4 is 35.0 Å². The molecule has 0 bridgehead atoms. The maximum Gasteiger partial charge on any atom is 0.269 e. The van der Waals surface area contributed by atoms with Gasteiger partial charge in [0.15, 0.2) is 0 Å². The van der Waals surface area contributed by atoms with E-state index in [1.54, 1.807) is 12.1 Å². The number of nitrogens with zero attached hydrogens (tertiary/aromatic N) is 3. The molecule has 0 radical (unpaired) electrons. The van der Waals surface area contributed by atoms with Crippen LogP contribution in [0.25, 0.3) is 0 Å². The maximum absolute atomic E-state index is 12.8. The molecule has 1 heterocycles. The third kappa shape index (κ3) is 6.08. The van der Waals surface area contributed by atoms with Crippen LogP contribution in [0, 0.1) is 24.0 Å². The predicted molar refractivity (Wildman–Crippen MR) is 126 cm³/mol. The second-order valence-corrected chi connectivity index (χ2v) is 9.32. The van der Waals surface area contributed by atoms with Crippen LogP contribution in [0.15, 0.2) is 47.4 Å². The van der Waals surface area contributed by atoms with E-state index >= 15 is 0 Å². The van der Waals surface area contributed by atoms with Gasteiger partial charge in [-0.3, -0.25) is 24.6 Å². The highest BCUT2D eigenvalue weighted by atomic mass is 32.2. The first-order chi connectivity index (χ1) is 15.2. The summed E-state index contributed by atoms with van der Waals surface area (Å²) in [7, 11) is 0. The Hall–Kier alpha value is -2.91. The van der Waals surface area contributed by atoms with Crippen molar-refractivity contribution in [2.45, 2.75) is 30.9 Å². The van der Waals surface area contributed by atoms with Gasteiger partial charge >= 0.3 is 0 Å². The second kappa shape index (κ2) is 10.6. The van der Waals surface area contributed by atoms with Crippen molar-refractivity contribution in [3.8, 4) is 0 Å². The molecule has 2 aromatic rings. The van der Waals surface area contributed by atoms with E-state index in [1.165, 1.54) is 23.9 Å². The van der Waals surface area contributed by atoms with Gasteiger partial charge in [-0.2, -0.15) is 0 Å². The van der Waals surface area contributed by atoms with E-state index in [0.29, 0.717) is 32.7 Å². The lowest BCUT2D eigenvalue weighted by Gasteiger charge is -2.35. The van der Waals surface area contributed by atoms with E-state index in [1.807, 2.05) is 43.9 Å². The van der Waals surface area contributed by atoms with Crippen molar-refractivity contribution in [3.63, 3.8) is 0 Å². The van der Waals surface area contributed by atoms with Crippen LogP contribution in [0.5, 0.6) is 0 Å². The zero-order chi connectivity index (χ0) is 23.3. The summed E-state index contributed by atoms with van der Waals surface area (Å²) in [6.07, 6.45) is 0. The number of aryl methyl sites for hydroxylation is 1. The van der Waals surface area contributed by atoms with Gasteiger partial charge in [-0.05, 0) is 50.1 Å². The van der Waals surface area contributed by atoms with Crippen molar-refractivity contribution in [3.05, 3.63) is 63.7 Å². The average molecular weight is 457 g/mol. The molecule has 8 nitrogen and oxygen atoms in total. The van der Waals surface area contributed by atoms with Crippen molar-refractivity contribution in [2.75, 3.05) is 38.0 Å². The smallest absolute Gasteiger partial charge is 0.269 e. The molecule has 1 aliphatic heterocycles. The first-order valence-electron chi connectivity index (χ1n) is 10.5. The van der Waals surface area contributed by atoms with Crippen LogP contribution in [0.2, 0.25) is 0 Å². The van der Waals surface area contributed by atoms with Crippen LogP contribution < -0.4 is 5.32 Å². The number of nitro benzene ring substituents is 1. The fourth-order valence-electron chi connectivity index (χ4n) is 3.56. The Balaban J connectivity index is 1.46. The monoisotopic (exact) mass is 456 g/mol. The van der Waals surface area contributed by atoms with E-state index in [0.717, 1.165) is 21.7 Å². The van der Waals surface area contributed by atoms with Gasteiger partial charge < -0.3 is 10.2 Å². The summed E-state index contributed by atoms with van der Waals surface area (Å²) in [5.41, 5.74) is 3.07. The number of anilines is 1. The Labute approximate surface area is 192 Å². The molecule has 2 aromatic carbocycles. The zero-order valence-electron chi connectivity index (χ0n) is 18.5. The minimum absolute atomic E-state index is 0.0334. The number of non-ortho nitro benzene ring substituents is 1. The number of rotatable bonds is 7. The normalized spacial score (nSPS) is 15.3. The van der Waals surface area contributed by atoms with Crippen molar-refractivity contribution in [1.29, 1.82) is 0 Å². The summed E-state index contributed by atoms with van der Waals surface area (Å²) in [4.78, 5) is 40.3. The van der Waals surface area contributed by atoms with E-state index in [2.05, 4.69) is 10.2 Å². The lowest BCUT2D eigenvalue weighted by Crippen LogP contribution is -2.52. The summed E-state index contributed by atoms with van der Waals surface area (Å²) in [6.45, 7) is 8.57. The number of carbonyl (C=O) groups is 2. The molecular formula is C23H28N4O4S. The molecule has 32 heavy (non-hydrogen) atoms. The largest absolute Gasteiger partial charge is 0.339 e. The van der Waals surface area contributed by atoms with E-state index in [9.17, 15) is 19.7 Å². The van der Waals surface area contributed by atoms with Crippen LogP contribution in [0.4, 0.5) is 11.4 Å². The summed E-state index contributed by atoms with van der Waals surface area (Å²) in [5.74, 6) is -0.0200. The fraction of sp³-hybridized carbons (Fsp3) is 0.391. The molecule has 0 aromatic heterocycles. The van der Waals surface area contributed by atoms with Crippen LogP contribution in [-0.4, -0.2) is 64.5 Å². The number of nitrogens with one attached hydrogen (secondary N) is 1. The molecular weight excluding hydrogens is 428 g/mol. The maximum atomic E-state index is 12.8. The van der Waals surface area contributed by atoms with Gasteiger partial charge in [0, 0.05) is 48.9 Å². The Morgan fingerprint density at radius 1 is 1.09 bits per heavy atom. The Kier molecular flexibility index (Phi) is 7.87. The number of piperazine rings is 1. The molecule has 1 N–H and O–H groups in total. The highest BCUT2D eigenvalue weighted by Crippen LogP contribution is 2.26. The summed E-state index contributed by atoms with van der Waals surface area (Å²) in [5, 5.41) is 13.5. The van der Waals surface area contributed by atoms with Gasteiger partial charge in [-0.15, -0.1) is 11.8 Å². The molecule has 1 atom stereocenters. The number of hydrogen-bond donors (Lipinski definition) is 1. The number of hydrogen-bond acceptors (Lipinski definition) is 6. The van der Waals surface area contributed by atoms with Crippen molar-refractivity contribution in [1.82, 2.24) is 9.80 Å². The highest BCUT2D eigenvalue weighted by Gasteiger charge is 2.26. The zero-order valence-corrected chi connectivity index (χ0v) is 19.4. The van der Waals surface area contributed by atoms with Gasteiger partial charge in [-0.1, -0.05) is 12.1 Å². The molecule has 0 spiro atoms. The third-order valence-corrected chi connectivity index (χ3v) is 6.74. The number of carbonyl (C=O) groups excluding carboxylic acids is 2. The Morgan fingerprint density at radius 3 is 2.38 bits per heavy atom. The lowest BCUT2D eigenvalue weighted by molar-refractivity contribution is -0.384. The second-order valence-electron chi connectivity index (χ2n) is 7.91. The SMILES string of the molecule is Cc1cccc(NC(=O)CN2CCN(C(=O)C(C)Sc3ccc([N+](=O)[O-])cc3)CC2)c1C. The standard InChI is InChI=1S/C23H28N4O4S/c1-16-5-4-6-21(17(16)2)24-22(28)15-25-11-13-26(14-12-25)23(29)18(3)32-20-9-7-19(8-10-20)27(30)31/h4-10,18H,11-15H2,1-3H3,(H,24,28). The first-order valence-corrected chi connectivity index (χ1v) is 11.4. The number of nitro groups is 1. The highest BCUT2D eigenvalue weighted by molar-refractivity contribution is 8.00. The number of amides is 2. The molecule has 2 amide bonds. The van der Waals surface area contributed by atoms with E-state index in [-0.39, 0.29) is 22.8 Å². The van der Waals surface area contributed by atoms with Crippen molar-refractivity contribution in [2.24, 2.45) is 0 Å². The van der Waals surface area contributed by atoms with Gasteiger partial charge in [0.05, 0.1) is 16.7 Å². The van der Waals surface area contributed by atoms with Gasteiger partial charge in [0.1, 0.15) is 0 Å². The molecule has 1 saturated heterocycles. The minimum Gasteiger partial charge on any atom is -0.339 e. The minimum atomic E-state index is -0.440. The molecule has 3 rings (SSSR count). The lowest BCUT2D eigenvalue weighted by atomic mass is 10.1. The van der Waals surface area contributed by atoms with E-state index in [4.69, 9.17) is 0 Å². The summed E-state index contributed by atoms with van der Waals surface area (Å²) in [6, 6.07) is 12.1. The molecule has 0 saturated carbocycles. The molecule has 1 unspecified atom stereocenters. The van der Waals surface area contributed by atoms with Crippen LogP contribution in [-0.2, 0) is 9.59 Å². The number of benzene rings is 2. The molecule has 170 valence electrons. The van der Waals surface area contributed by atoms with Crippen LogP contribution in [0.3, 0.4) is 0 Å². The average Bonchev–Trinajstić information content (AvgIpc) is 2.77. The Bertz CT molecular complexity index is 988. The molecule has 9 heteroatoms. The quantitative estimate of drug-likeness (QED) is 0.389. The topological polar surface area (TPSA) is 95.8 Å². The molecule has 1 aliphatic rings. The van der Waals surface area contributed by atoms with Gasteiger partial charge in [0.25, 0.3) is 5.69 Å². The molecule has 0 aliphatic carbocycles. The predicted octanol–water partition coefficient (Wildman–Crippen LogP) is 3.48. The number of thioether (sulfide) groups is 1. The third-order valence-electron chi connectivity index (χ3n) is 5.64. The Morgan fingerprint density at radius 2 is 1.75 bits per heavy atom. The van der Waals surface area contributed by atoms with Gasteiger partial charge in [-0.25, -0.2) is 0 Å². The van der Waals surface area contributed by atoms with Crippen LogP contribution in [0.1, 0.15) is 18.1 Å². The summed E-state index contributed by atoms with van der Waals surface area (Å²) >= 11 is 1.39. The first kappa shape index (κ1) is 23.7. The van der Waals surface area contributed by atoms with Gasteiger partial charge in [0.2, 0.25) is 11.8 Å². The van der Waals surface area contributed by atoms with Crippen LogP contribution >= 0.6 is 11.8 Å². The van der Waals surface area contributed by atoms with E-state index < -0.39 is 4.92 Å².